The molecule has 0 bridgehead atoms. The summed E-state index contributed by atoms with van der Waals surface area (Å²) in [4.78, 5) is 0. The van der Waals surface area contributed by atoms with Gasteiger partial charge in [0.1, 0.15) is 11.5 Å². The second-order valence-corrected chi connectivity index (χ2v) is 8.16. The first-order valence-corrected chi connectivity index (χ1v) is 11.1. The van der Waals surface area contributed by atoms with Crippen LogP contribution in [-0.2, 0) is 12.8 Å². The van der Waals surface area contributed by atoms with Gasteiger partial charge in [-0.3, -0.25) is 0 Å². The van der Waals surface area contributed by atoms with E-state index >= 15 is 0 Å². The summed E-state index contributed by atoms with van der Waals surface area (Å²) >= 11 is 0. The molecule has 0 amide bonds. The zero-order valence-electron chi connectivity index (χ0n) is 18.4. The smallest absolute Gasteiger partial charge is 0.119 e. The van der Waals surface area contributed by atoms with E-state index in [1.807, 2.05) is 24.3 Å². The third-order valence-electron chi connectivity index (χ3n) is 5.99. The van der Waals surface area contributed by atoms with Crippen molar-refractivity contribution in [2.24, 2.45) is 0 Å². The highest BCUT2D eigenvalue weighted by Crippen LogP contribution is 2.42. The van der Waals surface area contributed by atoms with Crippen molar-refractivity contribution in [2.75, 3.05) is 0 Å². The summed E-state index contributed by atoms with van der Waals surface area (Å²) in [6.45, 7) is 10.9. The molecule has 0 saturated heterocycles. The minimum Gasteiger partial charge on any atom is -0.508 e. The Bertz CT molecular complexity index is 776. The maximum Gasteiger partial charge on any atom is 0.119 e. The predicted molar refractivity (Wildman–Crippen MR) is 120 cm³/mol. The van der Waals surface area contributed by atoms with Crippen LogP contribution in [0.5, 0.6) is 11.5 Å². The number of aromatic hydroxyl groups is 2. The normalized spacial score (nSPS) is 12.3. The molecule has 1 unspecified atom stereocenters. The molecule has 0 aliphatic carbocycles. The fourth-order valence-electron chi connectivity index (χ4n) is 4.35. The van der Waals surface area contributed by atoms with Crippen molar-refractivity contribution in [3.63, 3.8) is 0 Å². The van der Waals surface area contributed by atoms with Crippen molar-refractivity contribution >= 4 is 0 Å². The summed E-state index contributed by atoms with van der Waals surface area (Å²) in [5.41, 5.74) is 7.30. The molecule has 0 radical (unpaired) electrons. The molecule has 0 heterocycles. The molecule has 2 aromatic carbocycles. The topological polar surface area (TPSA) is 40.5 Å². The van der Waals surface area contributed by atoms with Gasteiger partial charge in [-0.1, -0.05) is 46.1 Å². The van der Waals surface area contributed by atoms with E-state index < -0.39 is 0 Å². The van der Waals surface area contributed by atoms with Crippen LogP contribution in [0.1, 0.15) is 98.6 Å². The number of benzene rings is 2. The van der Waals surface area contributed by atoms with Crippen LogP contribution in [0.2, 0.25) is 0 Å². The van der Waals surface area contributed by atoms with Crippen molar-refractivity contribution in [2.45, 2.75) is 91.9 Å². The van der Waals surface area contributed by atoms with E-state index in [1.54, 1.807) is 0 Å². The van der Waals surface area contributed by atoms with Gasteiger partial charge >= 0.3 is 0 Å². The number of phenols is 2. The Hall–Kier alpha value is -1.96. The number of unbranched alkanes of at least 4 members (excludes halogenated alkanes) is 2. The number of phenolic OH excluding ortho intramolecular Hbond substituents is 2. The van der Waals surface area contributed by atoms with Crippen molar-refractivity contribution in [3.05, 3.63) is 57.6 Å². The van der Waals surface area contributed by atoms with Crippen LogP contribution < -0.4 is 0 Å². The Balaban J connectivity index is 2.64. The molecule has 154 valence electrons. The Morgan fingerprint density at radius 2 is 1.54 bits per heavy atom. The highest BCUT2D eigenvalue weighted by atomic mass is 16.3. The van der Waals surface area contributed by atoms with Gasteiger partial charge in [0.15, 0.2) is 0 Å². The molecule has 0 saturated carbocycles. The van der Waals surface area contributed by atoms with Gasteiger partial charge in [-0.25, -0.2) is 0 Å². The van der Waals surface area contributed by atoms with Gasteiger partial charge in [-0.15, -0.1) is 0 Å². The van der Waals surface area contributed by atoms with Gasteiger partial charge < -0.3 is 10.2 Å². The monoisotopic (exact) mass is 382 g/mol. The van der Waals surface area contributed by atoms with Crippen LogP contribution in [0, 0.1) is 13.8 Å². The van der Waals surface area contributed by atoms with E-state index in [9.17, 15) is 10.2 Å². The van der Waals surface area contributed by atoms with E-state index in [1.165, 1.54) is 27.8 Å². The fourth-order valence-corrected chi connectivity index (χ4v) is 4.35. The zero-order valence-corrected chi connectivity index (χ0v) is 18.4. The largest absolute Gasteiger partial charge is 0.508 e. The predicted octanol–water partition coefficient (Wildman–Crippen LogP) is 7.33. The summed E-state index contributed by atoms with van der Waals surface area (Å²) in [7, 11) is 0. The summed E-state index contributed by atoms with van der Waals surface area (Å²) in [5.74, 6) is 0.854. The average Bonchev–Trinajstić information content (AvgIpc) is 2.67. The van der Waals surface area contributed by atoms with Crippen molar-refractivity contribution in [1.82, 2.24) is 0 Å². The van der Waals surface area contributed by atoms with E-state index in [2.05, 4.69) is 34.6 Å². The summed E-state index contributed by atoms with van der Waals surface area (Å²) in [6.07, 6.45) is 8.51. The first kappa shape index (κ1) is 22.3. The average molecular weight is 383 g/mol. The molecular formula is C26H38O2. The molecule has 0 aliphatic heterocycles. The van der Waals surface area contributed by atoms with Gasteiger partial charge in [0.25, 0.3) is 0 Å². The maximum absolute atomic E-state index is 10.9. The Morgan fingerprint density at radius 1 is 0.857 bits per heavy atom. The molecule has 0 fully saturated rings. The summed E-state index contributed by atoms with van der Waals surface area (Å²) in [6, 6.07) is 7.73. The summed E-state index contributed by atoms with van der Waals surface area (Å²) < 4.78 is 0. The molecule has 0 aromatic heterocycles. The molecular weight excluding hydrogens is 344 g/mol. The lowest BCUT2D eigenvalue weighted by molar-refractivity contribution is 0.458. The van der Waals surface area contributed by atoms with Crippen LogP contribution in [0.25, 0.3) is 0 Å². The number of hydrogen-bond acceptors (Lipinski definition) is 2. The second kappa shape index (κ2) is 10.5. The molecule has 2 nitrogen and oxygen atoms in total. The van der Waals surface area contributed by atoms with Gasteiger partial charge in [0, 0.05) is 11.5 Å². The van der Waals surface area contributed by atoms with E-state index in [-0.39, 0.29) is 5.92 Å². The quantitative estimate of drug-likeness (QED) is 0.451. The molecule has 0 aliphatic rings. The minimum absolute atomic E-state index is 0.115. The van der Waals surface area contributed by atoms with E-state index in [0.717, 1.165) is 56.9 Å². The SMILES string of the molecule is CCCCc1cc(O)cc(C(CCC)c2c(O)ccc(C)c2CCCC)c1C. The van der Waals surface area contributed by atoms with Crippen molar-refractivity contribution in [3.8, 4) is 11.5 Å². The van der Waals surface area contributed by atoms with Crippen molar-refractivity contribution < 1.29 is 10.2 Å². The molecule has 2 N–H and O–H groups in total. The minimum atomic E-state index is 0.115. The van der Waals surface area contributed by atoms with Crippen molar-refractivity contribution in [1.29, 1.82) is 0 Å². The van der Waals surface area contributed by atoms with Gasteiger partial charge in [-0.2, -0.15) is 0 Å². The molecule has 2 rings (SSSR count). The van der Waals surface area contributed by atoms with Gasteiger partial charge in [0.2, 0.25) is 0 Å². The Morgan fingerprint density at radius 3 is 2.18 bits per heavy atom. The fraction of sp³-hybridized carbons (Fsp3) is 0.538. The van der Waals surface area contributed by atoms with Crippen LogP contribution >= 0.6 is 0 Å². The Kier molecular flexibility index (Phi) is 8.41. The maximum atomic E-state index is 10.9. The standard InChI is InChI=1S/C26H38O2/c1-6-9-12-20-16-21(27)17-24(19(20)5)23(11-8-3)26-22(13-10-7-2)18(4)14-15-25(26)28/h14-17,23,27-28H,6-13H2,1-5H3. The molecule has 2 heteroatoms. The Labute approximate surface area is 171 Å². The third-order valence-corrected chi connectivity index (χ3v) is 5.99. The highest BCUT2D eigenvalue weighted by molar-refractivity contribution is 5.53. The number of rotatable bonds is 10. The van der Waals surface area contributed by atoms with Crippen LogP contribution in [0.4, 0.5) is 0 Å². The first-order chi connectivity index (χ1) is 13.4. The van der Waals surface area contributed by atoms with Crippen LogP contribution in [0.15, 0.2) is 24.3 Å². The third kappa shape index (κ3) is 5.10. The molecule has 1 atom stereocenters. The molecule has 0 spiro atoms. The summed E-state index contributed by atoms with van der Waals surface area (Å²) in [5, 5.41) is 21.3. The van der Waals surface area contributed by atoms with Gasteiger partial charge in [-0.05, 0) is 92.0 Å². The van der Waals surface area contributed by atoms with Gasteiger partial charge in [0.05, 0.1) is 0 Å². The van der Waals surface area contributed by atoms with E-state index in [0.29, 0.717) is 11.5 Å². The second-order valence-electron chi connectivity index (χ2n) is 8.16. The first-order valence-electron chi connectivity index (χ1n) is 11.1. The lowest BCUT2D eigenvalue weighted by Gasteiger charge is -2.26. The van der Waals surface area contributed by atoms with Crippen LogP contribution in [-0.4, -0.2) is 10.2 Å². The highest BCUT2D eigenvalue weighted by Gasteiger charge is 2.24. The number of aryl methyl sites for hydroxylation is 2. The lowest BCUT2D eigenvalue weighted by Crippen LogP contribution is -2.10. The molecule has 28 heavy (non-hydrogen) atoms. The molecule has 2 aromatic rings. The van der Waals surface area contributed by atoms with E-state index in [4.69, 9.17) is 0 Å². The number of hydrogen-bond donors (Lipinski definition) is 2. The van der Waals surface area contributed by atoms with Crippen LogP contribution in [0.3, 0.4) is 0 Å². The zero-order chi connectivity index (χ0) is 20.7. The lowest BCUT2D eigenvalue weighted by atomic mass is 9.79.